The summed E-state index contributed by atoms with van der Waals surface area (Å²) in [6.07, 6.45) is 1.53. The maximum absolute atomic E-state index is 10.9. The molecule has 0 bridgehead atoms. The average molecular weight is 191 g/mol. The van der Waals surface area contributed by atoms with Crippen LogP contribution in [-0.4, -0.2) is 21.7 Å². The Bertz CT molecular complexity index is 521. The zero-order chi connectivity index (χ0) is 10.3. The van der Waals surface area contributed by atoms with Crippen LogP contribution in [0.2, 0.25) is 0 Å². The second kappa shape index (κ2) is 2.57. The summed E-state index contributed by atoms with van der Waals surface area (Å²) in [5.41, 5.74) is -1.20. The molecule has 0 aliphatic carbocycles. The summed E-state index contributed by atoms with van der Waals surface area (Å²) in [6, 6.07) is 4.60. The van der Waals surface area contributed by atoms with E-state index in [2.05, 4.69) is 4.99 Å². The lowest BCUT2D eigenvalue weighted by Gasteiger charge is -2.10. The standard InChI is InChI=1S/C10H9NO3/c1-10(9(13)14)5-6-4-7(12)2-3-8(6)11-10/h2-5,12H,1H3,(H,13,14). The summed E-state index contributed by atoms with van der Waals surface area (Å²) < 4.78 is 0. The fraction of sp³-hybridized carbons (Fsp3) is 0.200. The van der Waals surface area contributed by atoms with E-state index in [-0.39, 0.29) is 5.75 Å². The maximum Gasteiger partial charge on any atom is 0.335 e. The summed E-state index contributed by atoms with van der Waals surface area (Å²) in [6.45, 7) is 1.52. The van der Waals surface area contributed by atoms with Gasteiger partial charge in [0.05, 0.1) is 5.36 Å². The van der Waals surface area contributed by atoms with E-state index >= 15 is 0 Å². The Morgan fingerprint density at radius 2 is 2.21 bits per heavy atom. The molecule has 2 N–H and O–H groups in total. The van der Waals surface area contributed by atoms with Gasteiger partial charge in [0.1, 0.15) is 5.75 Å². The first-order valence-electron chi connectivity index (χ1n) is 4.16. The number of rotatable bonds is 1. The van der Waals surface area contributed by atoms with Crippen LogP contribution in [0.5, 0.6) is 5.75 Å². The molecule has 1 aliphatic rings. The van der Waals surface area contributed by atoms with Gasteiger partial charge in [-0.1, -0.05) is 0 Å². The highest BCUT2D eigenvalue weighted by Crippen LogP contribution is 2.14. The molecule has 0 saturated carbocycles. The number of carboxylic acid groups (broad SMARTS) is 1. The van der Waals surface area contributed by atoms with Gasteiger partial charge in [-0.25, -0.2) is 4.79 Å². The topological polar surface area (TPSA) is 69.9 Å². The number of carboxylic acids is 1. The lowest BCUT2D eigenvalue weighted by Crippen LogP contribution is -2.29. The van der Waals surface area contributed by atoms with Crippen molar-refractivity contribution in [1.82, 2.24) is 0 Å². The fourth-order valence-electron chi connectivity index (χ4n) is 1.45. The predicted molar refractivity (Wildman–Crippen MR) is 49.4 cm³/mol. The number of carbonyl (C=O) groups is 1. The number of phenolic OH excluding ortho intramolecular Hbond substituents is 1. The monoisotopic (exact) mass is 191 g/mol. The Hall–Kier alpha value is -1.84. The molecule has 4 nitrogen and oxygen atoms in total. The maximum atomic E-state index is 10.9. The molecular weight excluding hydrogens is 182 g/mol. The van der Waals surface area contributed by atoms with Crippen LogP contribution in [0.25, 0.3) is 6.08 Å². The lowest BCUT2D eigenvalue weighted by atomic mass is 10.0. The van der Waals surface area contributed by atoms with Gasteiger partial charge in [-0.2, -0.15) is 0 Å². The van der Waals surface area contributed by atoms with Crippen LogP contribution in [0.1, 0.15) is 6.92 Å². The smallest absolute Gasteiger partial charge is 0.335 e. The molecule has 1 aromatic rings. The van der Waals surface area contributed by atoms with Gasteiger partial charge in [0.25, 0.3) is 0 Å². The van der Waals surface area contributed by atoms with Gasteiger partial charge >= 0.3 is 5.97 Å². The summed E-state index contributed by atoms with van der Waals surface area (Å²) in [7, 11) is 0. The molecule has 0 radical (unpaired) electrons. The molecule has 4 heteroatoms. The first-order chi connectivity index (χ1) is 6.51. The van der Waals surface area contributed by atoms with Crippen molar-refractivity contribution in [3.05, 3.63) is 28.8 Å². The highest BCUT2D eigenvalue weighted by Gasteiger charge is 2.32. The van der Waals surface area contributed by atoms with Gasteiger partial charge in [0, 0.05) is 5.22 Å². The van der Waals surface area contributed by atoms with Crippen LogP contribution in [0.4, 0.5) is 0 Å². The number of aliphatic carboxylic acids is 1. The minimum absolute atomic E-state index is 0.116. The number of nitrogens with zero attached hydrogens (tertiary/aromatic N) is 1. The van der Waals surface area contributed by atoms with Gasteiger partial charge in [-0.15, -0.1) is 0 Å². The minimum atomic E-state index is -1.20. The molecule has 72 valence electrons. The summed E-state index contributed by atoms with van der Waals surface area (Å²) >= 11 is 0. The van der Waals surface area contributed by atoms with E-state index < -0.39 is 11.5 Å². The zero-order valence-electron chi connectivity index (χ0n) is 7.56. The number of hydrogen-bond acceptors (Lipinski definition) is 3. The van der Waals surface area contributed by atoms with Gasteiger partial charge < -0.3 is 10.2 Å². The van der Waals surface area contributed by atoms with E-state index in [0.717, 1.165) is 0 Å². The van der Waals surface area contributed by atoms with E-state index in [1.165, 1.54) is 25.1 Å². The predicted octanol–water partition coefficient (Wildman–Crippen LogP) is -0.351. The van der Waals surface area contributed by atoms with Crippen LogP contribution in [0.3, 0.4) is 0 Å². The molecule has 0 saturated heterocycles. The van der Waals surface area contributed by atoms with Crippen molar-refractivity contribution < 1.29 is 15.0 Å². The molecular formula is C10H9NO3. The van der Waals surface area contributed by atoms with E-state index in [1.807, 2.05) is 0 Å². The second-order valence-electron chi connectivity index (χ2n) is 3.45. The summed E-state index contributed by atoms with van der Waals surface area (Å²) in [4.78, 5) is 14.9. The molecule has 1 aliphatic heterocycles. The second-order valence-corrected chi connectivity index (χ2v) is 3.45. The molecule has 2 rings (SSSR count). The Kier molecular flexibility index (Phi) is 1.61. The summed E-state index contributed by atoms with van der Waals surface area (Å²) in [5, 5.41) is 19.4. The first kappa shape index (κ1) is 8.74. The number of fused-ring (bicyclic) bond motifs is 1. The van der Waals surface area contributed by atoms with Crippen LogP contribution in [0, 0.1) is 0 Å². The molecule has 1 unspecified atom stereocenters. The fourth-order valence-corrected chi connectivity index (χ4v) is 1.45. The van der Waals surface area contributed by atoms with Gasteiger partial charge in [0.2, 0.25) is 0 Å². The van der Waals surface area contributed by atoms with Gasteiger partial charge in [-0.05, 0) is 31.2 Å². The average Bonchev–Trinajstić information content (AvgIpc) is 2.42. The molecule has 14 heavy (non-hydrogen) atoms. The first-order valence-corrected chi connectivity index (χ1v) is 4.16. The van der Waals surface area contributed by atoms with E-state index in [4.69, 9.17) is 5.11 Å². The molecule has 0 aromatic heterocycles. The zero-order valence-corrected chi connectivity index (χ0v) is 7.56. The van der Waals surface area contributed by atoms with Crippen molar-refractivity contribution in [2.45, 2.75) is 12.5 Å². The van der Waals surface area contributed by atoms with Crippen LogP contribution in [0.15, 0.2) is 23.2 Å². The molecule has 1 atom stereocenters. The Labute approximate surface area is 79.8 Å². The molecule has 0 amide bonds. The van der Waals surface area contributed by atoms with Crippen LogP contribution < -0.4 is 10.6 Å². The third-order valence-corrected chi connectivity index (χ3v) is 2.23. The molecule has 1 heterocycles. The van der Waals surface area contributed by atoms with Crippen molar-refractivity contribution in [3.8, 4) is 5.75 Å². The van der Waals surface area contributed by atoms with E-state index in [0.29, 0.717) is 10.6 Å². The molecule has 0 fully saturated rings. The number of phenols is 1. The molecule has 1 aromatic carbocycles. The van der Waals surface area contributed by atoms with Crippen molar-refractivity contribution in [3.63, 3.8) is 0 Å². The number of hydrogen-bond donors (Lipinski definition) is 2. The van der Waals surface area contributed by atoms with E-state index in [1.54, 1.807) is 6.07 Å². The van der Waals surface area contributed by atoms with Gasteiger partial charge in [-0.3, -0.25) is 4.99 Å². The van der Waals surface area contributed by atoms with Crippen molar-refractivity contribution in [2.24, 2.45) is 4.99 Å². The quantitative estimate of drug-likeness (QED) is 0.637. The third kappa shape index (κ3) is 1.16. The Morgan fingerprint density at radius 1 is 1.50 bits per heavy atom. The Morgan fingerprint density at radius 3 is 2.86 bits per heavy atom. The normalized spacial score (nSPS) is 23.5. The minimum Gasteiger partial charge on any atom is -0.508 e. The summed E-state index contributed by atoms with van der Waals surface area (Å²) in [5.74, 6) is -0.877. The van der Waals surface area contributed by atoms with Crippen molar-refractivity contribution >= 4 is 12.0 Å². The van der Waals surface area contributed by atoms with Crippen LogP contribution in [-0.2, 0) is 4.79 Å². The van der Waals surface area contributed by atoms with E-state index in [9.17, 15) is 9.90 Å². The number of benzene rings is 1. The lowest BCUT2D eigenvalue weighted by molar-refractivity contribution is -0.140. The van der Waals surface area contributed by atoms with Crippen molar-refractivity contribution in [1.29, 1.82) is 0 Å². The highest BCUT2D eigenvalue weighted by molar-refractivity contribution is 5.87. The number of aromatic hydroxyl groups is 1. The molecule has 0 spiro atoms. The van der Waals surface area contributed by atoms with Gasteiger partial charge in [0.15, 0.2) is 5.54 Å². The largest absolute Gasteiger partial charge is 0.508 e. The SMILES string of the molecule is CC1(C(=O)O)C=c2cc(O)ccc2=N1. The highest BCUT2D eigenvalue weighted by atomic mass is 16.4. The third-order valence-electron chi connectivity index (χ3n) is 2.23. The van der Waals surface area contributed by atoms with Crippen molar-refractivity contribution in [2.75, 3.05) is 0 Å². The van der Waals surface area contributed by atoms with Crippen LogP contribution >= 0.6 is 0 Å². The Balaban J connectivity index is 2.70.